The van der Waals surface area contributed by atoms with Crippen LogP contribution < -0.4 is 0 Å². The highest BCUT2D eigenvalue weighted by atomic mass is 16.5. The molecule has 1 aromatic rings. The lowest BCUT2D eigenvalue weighted by molar-refractivity contribution is 0.194. The molecule has 0 unspecified atom stereocenters. The number of benzene rings is 1. The van der Waals surface area contributed by atoms with Crippen molar-refractivity contribution in [3.63, 3.8) is 0 Å². The Morgan fingerprint density at radius 3 is 2.53 bits per heavy atom. The maximum Gasteiger partial charge on any atom is 0.0655 e. The normalized spacial score (nSPS) is 10.5. The Balaban J connectivity index is 2.21. The zero-order valence-corrected chi connectivity index (χ0v) is 9.44. The van der Waals surface area contributed by atoms with Gasteiger partial charge in [0.15, 0.2) is 0 Å². The predicted octanol–water partition coefficient (Wildman–Crippen LogP) is 3.68. The van der Waals surface area contributed by atoms with Gasteiger partial charge < -0.3 is 4.74 Å². The molecule has 15 heavy (non-hydrogen) atoms. The minimum absolute atomic E-state index is 0.665. The number of rotatable bonds is 5. The topological polar surface area (TPSA) is 9.23 Å². The van der Waals surface area contributed by atoms with E-state index in [-0.39, 0.29) is 0 Å². The van der Waals surface area contributed by atoms with Crippen molar-refractivity contribution < 1.29 is 4.74 Å². The van der Waals surface area contributed by atoms with E-state index in [0.717, 1.165) is 0 Å². The molecule has 0 aliphatic carbocycles. The first-order valence-electron chi connectivity index (χ1n) is 5.22. The molecule has 0 saturated carbocycles. The summed E-state index contributed by atoms with van der Waals surface area (Å²) < 4.78 is 5.40. The molecule has 0 saturated heterocycles. The SMILES string of the molecule is CC(C)=CCOC/C=C/c1ccccc1. The van der Waals surface area contributed by atoms with Crippen molar-refractivity contribution in [2.24, 2.45) is 0 Å². The molecule has 1 aromatic carbocycles. The zero-order chi connectivity index (χ0) is 10.9. The number of hydrogen-bond acceptors (Lipinski definition) is 1. The maximum atomic E-state index is 5.40. The minimum Gasteiger partial charge on any atom is -0.373 e. The summed E-state index contributed by atoms with van der Waals surface area (Å²) in [7, 11) is 0. The van der Waals surface area contributed by atoms with Crippen molar-refractivity contribution in [3.8, 4) is 0 Å². The van der Waals surface area contributed by atoms with Crippen LogP contribution in [0.15, 0.2) is 48.1 Å². The molecule has 1 rings (SSSR count). The summed E-state index contributed by atoms with van der Waals surface area (Å²) >= 11 is 0. The summed E-state index contributed by atoms with van der Waals surface area (Å²) in [5, 5.41) is 0. The Kier molecular flexibility index (Phi) is 5.49. The largest absolute Gasteiger partial charge is 0.373 e. The van der Waals surface area contributed by atoms with Crippen LogP contribution >= 0.6 is 0 Å². The van der Waals surface area contributed by atoms with Crippen LogP contribution in [0.4, 0.5) is 0 Å². The molecule has 0 radical (unpaired) electrons. The van der Waals surface area contributed by atoms with E-state index < -0.39 is 0 Å². The Bertz CT molecular complexity index is 318. The van der Waals surface area contributed by atoms with Gasteiger partial charge in [-0.25, -0.2) is 0 Å². The van der Waals surface area contributed by atoms with Gasteiger partial charge in [0.1, 0.15) is 0 Å². The zero-order valence-electron chi connectivity index (χ0n) is 9.44. The fourth-order valence-electron chi connectivity index (χ4n) is 1.11. The third-order valence-corrected chi connectivity index (χ3v) is 1.93. The lowest BCUT2D eigenvalue weighted by Crippen LogP contribution is -1.90. The summed E-state index contributed by atoms with van der Waals surface area (Å²) in [6, 6.07) is 10.2. The second kappa shape index (κ2) is 7.02. The van der Waals surface area contributed by atoms with E-state index in [1.165, 1.54) is 11.1 Å². The first-order valence-corrected chi connectivity index (χ1v) is 5.22. The highest BCUT2D eigenvalue weighted by Gasteiger charge is 1.83. The molecule has 80 valence electrons. The lowest BCUT2D eigenvalue weighted by atomic mass is 10.2. The summed E-state index contributed by atoms with van der Waals surface area (Å²) in [6.07, 6.45) is 6.19. The van der Waals surface area contributed by atoms with Gasteiger partial charge in [0.05, 0.1) is 13.2 Å². The highest BCUT2D eigenvalue weighted by molar-refractivity contribution is 5.48. The van der Waals surface area contributed by atoms with Gasteiger partial charge in [0.25, 0.3) is 0 Å². The molecule has 0 aliphatic heterocycles. The molecule has 0 heterocycles. The number of allylic oxidation sites excluding steroid dienone is 1. The Labute approximate surface area is 92.1 Å². The van der Waals surface area contributed by atoms with Crippen LogP contribution in [0.25, 0.3) is 6.08 Å². The van der Waals surface area contributed by atoms with Crippen LogP contribution in [0.5, 0.6) is 0 Å². The standard InChI is InChI=1S/C14H18O/c1-13(2)10-12-15-11-6-9-14-7-4-3-5-8-14/h3-10H,11-12H2,1-2H3/b9-6+. The molecule has 0 amide bonds. The third-order valence-electron chi connectivity index (χ3n) is 1.93. The van der Waals surface area contributed by atoms with Crippen molar-refractivity contribution in [1.29, 1.82) is 0 Å². The van der Waals surface area contributed by atoms with Crippen molar-refractivity contribution in [2.45, 2.75) is 13.8 Å². The average molecular weight is 202 g/mol. The van der Waals surface area contributed by atoms with E-state index in [9.17, 15) is 0 Å². The van der Waals surface area contributed by atoms with Crippen LogP contribution in [0.1, 0.15) is 19.4 Å². The molecule has 1 heteroatoms. The van der Waals surface area contributed by atoms with Crippen molar-refractivity contribution in [2.75, 3.05) is 13.2 Å². The third kappa shape index (κ3) is 5.87. The number of ether oxygens (including phenoxy) is 1. The van der Waals surface area contributed by atoms with Crippen LogP contribution in [0.2, 0.25) is 0 Å². The van der Waals surface area contributed by atoms with Gasteiger partial charge in [0.2, 0.25) is 0 Å². The van der Waals surface area contributed by atoms with E-state index in [1.54, 1.807) is 0 Å². The molecule has 0 fully saturated rings. The molecule has 0 bridgehead atoms. The molecule has 0 aliphatic rings. The Morgan fingerprint density at radius 2 is 1.87 bits per heavy atom. The van der Waals surface area contributed by atoms with Gasteiger partial charge in [-0.3, -0.25) is 0 Å². The molecule has 1 nitrogen and oxygen atoms in total. The monoisotopic (exact) mass is 202 g/mol. The van der Waals surface area contributed by atoms with Crippen molar-refractivity contribution in [3.05, 3.63) is 53.6 Å². The average Bonchev–Trinajstić information content (AvgIpc) is 2.24. The predicted molar refractivity (Wildman–Crippen MR) is 65.7 cm³/mol. The highest BCUT2D eigenvalue weighted by Crippen LogP contribution is 2.00. The lowest BCUT2D eigenvalue weighted by Gasteiger charge is -1.96. The van der Waals surface area contributed by atoms with Crippen molar-refractivity contribution in [1.82, 2.24) is 0 Å². The van der Waals surface area contributed by atoms with Gasteiger partial charge >= 0.3 is 0 Å². The molecule has 0 spiro atoms. The smallest absolute Gasteiger partial charge is 0.0655 e. The van der Waals surface area contributed by atoms with E-state index in [0.29, 0.717) is 13.2 Å². The Hall–Kier alpha value is -1.34. The van der Waals surface area contributed by atoms with Crippen molar-refractivity contribution >= 4 is 6.08 Å². The van der Waals surface area contributed by atoms with Gasteiger partial charge in [-0.2, -0.15) is 0 Å². The van der Waals surface area contributed by atoms with Gasteiger partial charge in [-0.05, 0) is 19.4 Å². The summed E-state index contributed by atoms with van der Waals surface area (Å²) in [6.45, 7) is 5.51. The summed E-state index contributed by atoms with van der Waals surface area (Å²) in [4.78, 5) is 0. The van der Waals surface area contributed by atoms with Crippen LogP contribution in [-0.2, 0) is 4.74 Å². The van der Waals surface area contributed by atoms with Crippen LogP contribution in [0.3, 0.4) is 0 Å². The van der Waals surface area contributed by atoms with E-state index in [4.69, 9.17) is 4.74 Å². The van der Waals surface area contributed by atoms with E-state index in [2.05, 4.69) is 38.1 Å². The first-order chi connectivity index (χ1) is 7.29. The minimum atomic E-state index is 0.665. The van der Waals surface area contributed by atoms with E-state index >= 15 is 0 Å². The molecule has 0 aromatic heterocycles. The fourth-order valence-corrected chi connectivity index (χ4v) is 1.11. The summed E-state index contributed by atoms with van der Waals surface area (Å²) in [5.41, 5.74) is 2.50. The van der Waals surface area contributed by atoms with Gasteiger partial charge in [0, 0.05) is 0 Å². The second-order valence-electron chi connectivity index (χ2n) is 3.63. The molecular weight excluding hydrogens is 184 g/mol. The van der Waals surface area contributed by atoms with E-state index in [1.807, 2.05) is 24.3 Å². The molecular formula is C14H18O. The number of hydrogen-bond donors (Lipinski definition) is 0. The van der Waals surface area contributed by atoms with Crippen LogP contribution in [0, 0.1) is 0 Å². The molecule has 0 N–H and O–H groups in total. The van der Waals surface area contributed by atoms with Gasteiger partial charge in [-0.1, -0.05) is 54.1 Å². The van der Waals surface area contributed by atoms with Crippen LogP contribution in [-0.4, -0.2) is 13.2 Å². The first kappa shape index (κ1) is 11.7. The molecule has 0 atom stereocenters. The fraction of sp³-hybridized carbons (Fsp3) is 0.286. The Morgan fingerprint density at radius 1 is 1.13 bits per heavy atom. The maximum absolute atomic E-state index is 5.40. The quantitative estimate of drug-likeness (QED) is 0.522. The van der Waals surface area contributed by atoms with Gasteiger partial charge in [-0.15, -0.1) is 0 Å². The summed E-state index contributed by atoms with van der Waals surface area (Å²) in [5.74, 6) is 0. The second-order valence-corrected chi connectivity index (χ2v) is 3.63.